The molecule has 0 saturated heterocycles. The van der Waals surface area contributed by atoms with Crippen molar-refractivity contribution in [2.24, 2.45) is 0 Å². The number of carbonyl (C=O) groups excluding carboxylic acids is 1. The summed E-state index contributed by atoms with van der Waals surface area (Å²) in [6.45, 7) is 4.65. The van der Waals surface area contributed by atoms with Crippen LogP contribution in [0.25, 0.3) is 0 Å². The fourth-order valence-corrected chi connectivity index (χ4v) is 3.07. The predicted octanol–water partition coefficient (Wildman–Crippen LogP) is 3.63. The Hall–Kier alpha value is -1.75. The Kier molecular flexibility index (Phi) is 6.71. The number of nitrogens with one attached hydrogen (secondary N) is 1. The van der Waals surface area contributed by atoms with E-state index >= 15 is 0 Å². The van der Waals surface area contributed by atoms with Gasteiger partial charge in [-0.1, -0.05) is 19.3 Å². The molecule has 5 nitrogen and oxygen atoms in total. The number of amides is 2. The van der Waals surface area contributed by atoms with Crippen LogP contribution in [-0.2, 0) is 0 Å². The lowest BCUT2D eigenvalue weighted by atomic mass is 9.94. The number of carbonyl (C=O) groups is 1. The SMILES string of the molecule is CCOc1ccc(NC(=O)N(CC(C)O)C2CCCCC2)cc1. The van der Waals surface area contributed by atoms with Crippen molar-refractivity contribution in [2.75, 3.05) is 18.5 Å². The molecule has 23 heavy (non-hydrogen) atoms. The second-order valence-electron chi connectivity index (χ2n) is 6.18. The smallest absolute Gasteiger partial charge is 0.322 e. The first-order valence-electron chi connectivity index (χ1n) is 8.58. The highest BCUT2D eigenvalue weighted by Crippen LogP contribution is 2.24. The molecule has 1 unspecified atom stereocenters. The summed E-state index contributed by atoms with van der Waals surface area (Å²) in [4.78, 5) is 14.4. The number of ether oxygens (including phenoxy) is 1. The summed E-state index contributed by atoms with van der Waals surface area (Å²) in [5.74, 6) is 0.790. The van der Waals surface area contributed by atoms with Gasteiger partial charge in [0.15, 0.2) is 0 Å². The Morgan fingerprint density at radius 2 is 1.96 bits per heavy atom. The molecule has 1 atom stereocenters. The Morgan fingerprint density at radius 1 is 1.30 bits per heavy atom. The molecule has 1 aliphatic carbocycles. The Bertz CT molecular complexity index is 482. The lowest BCUT2D eigenvalue weighted by Crippen LogP contribution is -2.47. The average Bonchev–Trinajstić information content (AvgIpc) is 2.55. The molecule has 128 valence electrons. The van der Waals surface area contributed by atoms with E-state index in [0.717, 1.165) is 37.1 Å². The number of hydrogen-bond acceptors (Lipinski definition) is 3. The summed E-state index contributed by atoms with van der Waals surface area (Å²) in [5, 5.41) is 12.7. The number of aliphatic hydroxyl groups excluding tert-OH is 1. The van der Waals surface area contributed by atoms with Crippen LogP contribution in [0.2, 0.25) is 0 Å². The number of aliphatic hydroxyl groups is 1. The van der Waals surface area contributed by atoms with Crippen molar-refractivity contribution in [3.8, 4) is 5.75 Å². The zero-order valence-electron chi connectivity index (χ0n) is 14.1. The van der Waals surface area contributed by atoms with Gasteiger partial charge in [0, 0.05) is 18.3 Å². The molecule has 0 bridgehead atoms. The van der Waals surface area contributed by atoms with E-state index in [1.807, 2.05) is 31.2 Å². The van der Waals surface area contributed by atoms with Crippen molar-refractivity contribution in [3.63, 3.8) is 0 Å². The molecule has 2 amide bonds. The highest BCUT2D eigenvalue weighted by molar-refractivity contribution is 5.89. The quantitative estimate of drug-likeness (QED) is 0.841. The van der Waals surface area contributed by atoms with Crippen LogP contribution in [-0.4, -0.2) is 41.3 Å². The van der Waals surface area contributed by atoms with Gasteiger partial charge in [-0.2, -0.15) is 0 Å². The van der Waals surface area contributed by atoms with Gasteiger partial charge in [0.05, 0.1) is 12.7 Å². The summed E-state index contributed by atoms with van der Waals surface area (Å²) in [5.41, 5.74) is 0.741. The van der Waals surface area contributed by atoms with Crippen LogP contribution in [0.15, 0.2) is 24.3 Å². The first-order valence-corrected chi connectivity index (χ1v) is 8.58. The maximum absolute atomic E-state index is 12.6. The van der Waals surface area contributed by atoms with Gasteiger partial charge in [0.1, 0.15) is 5.75 Å². The fraction of sp³-hybridized carbons (Fsp3) is 0.611. The highest BCUT2D eigenvalue weighted by Gasteiger charge is 2.26. The van der Waals surface area contributed by atoms with E-state index in [0.29, 0.717) is 13.2 Å². The second kappa shape index (κ2) is 8.77. The summed E-state index contributed by atoms with van der Waals surface area (Å²) in [7, 11) is 0. The summed E-state index contributed by atoms with van der Waals surface area (Å²) < 4.78 is 5.40. The van der Waals surface area contributed by atoms with E-state index in [1.165, 1.54) is 6.42 Å². The number of hydrogen-bond donors (Lipinski definition) is 2. The van der Waals surface area contributed by atoms with Crippen molar-refractivity contribution in [1.82, 2.24) is 4.90 Å². The van der Waals surface area contributed by atoms with Crippen molar-refractivity contribution < 1.29 is 14.6 Å². The molecule has 0 spiro atoms. The zero-order valence-corrected chi connectivity index (χ0v) is 14.1. The van der Waals surface area contributed by atoms with E-state index in [4.69, 9.17) is 4.74 Å². The third kappa shape index (κ3) is 5.43. The first kappa shape index (κ1) is 17.6. The minimum absolute atomic E-state index is 0.137. The molecular formula is C18H28N2O3. The van der Waals surface area contributed by atoms with Crippen LogP contribution in [0.1, 0.15) is 46.0 Å². The maximum Gasteiger partial charge on any atom is 0.322 e. The lowest BCUT2D eigenvalue weighted by molar-refractivity contribution is 0.105. The van der Waals surface area contributed by atoms with Crippen molar-refractivity contribution in [2.45, 2.75) is 58.1 Å². The molecule has 0 heterocycles. The molecule has 2 N–H and O–H groups in total. The maximum atomic E-state index is 12.6. The van der Waals surface area contributed by atoms with Gasteiger partial charge in [-0.05, 0) is 51.0 Å². The summed E-state index contributed by atoms with van der Waals surface area (Å²) in [6, 6.07) is 7.45. The molecule has 2 rings (SSSR count). The van der Waals surface area contributed by atoms with Crippen LogP contribution in [0.4, 0.5) is 10.5 Å². The molecule has 0 aliphatic heterocycles. The number of benzene rings is 1. The molecule has 1 aromatic carbocycles. The Morgan fingerprint density at radius 3 is 2.52 bits per heavy atom. The summed E-state index contributed by atoms with van der Waals surface area (Å²) >= 11 is 0. The standard InChI is InChI=1S/C18H28N2O3/c1-3-23-17-11-9-15(10-12-17)19-18(22)20(13-14(2)21)16-7-5-4-6-8-16/h9-12,14,16,21H,3-8,13H2,1-2H3,(H,19,22). The minimum atomic E-state index is -0.525. The van der Waals surface area contributed by atoms with Gasteiger partial charge in [-0.25, -0.2) is 4.79 Å². The fourth-order valence-electron chi connectivity index (χ4n) is 3.07. The van der Waals surface area contributed by atoms with Gasteiger partial charge in [0.25, 0.3) is 0 Å². The van der Waals surface area contributed by atoms with E-state index in [9.17, 15) is 9.90 Å². The molecule has 0 radical (unpaired) electrons. The lowest BCUT2D eigenvalue weighted by Gasteiger charge is -2.35. The van der Waals surface area contributed by atoms with E-state index < -0.39 is 6.10 Å². The van der Waals surface area contributed by atoms with Crippen LogP contribution in [0, 0.1) is 0 Å². The minimum Gasteiger partial charge on any atom is -0.494 e. The molecule has 5 heteroatoms. The van der Waals surface area contributed by atoms with Gasteiger partial charge in [-0.15, -0.1) is 0 Å². The van der Waals surface area contributed by atoms with Crippen LogP contribution < -0.4 is 10.1 Å². The van der Waals surface area contributed by atoms with E-state index in [2.05, 4.69) is 5.32 Å². The predicted molar refractivity (Wildman–Crippen MR) is 91.9 cm³/mol. The van der Waals surface area contributed by atoms with Crippen LogP contribution >= 0.6 is 0 Å². The Balaban J connectivity index is 2.01. The number of anilines is 1. The van der Waals surface area contributed by atoms with Gasteiger partial charge in [0.2, 0.25) is 0 Å². The van der Waals surface area contributed by atoms with Gasteiger partial charge < -0.3 is 20.1 Å². The van der Waals surface area contributed by atoms with Crippen molar-refractivity contribution in [3.05, 3.63) is 24.3 Å². The van der Waals surface area contributed by atoms with Crippen LogP contribution in [0.3, 0.4) is 0 Å². The largest absolute Gasteiger partial charge is 0.494 e. The third-order valence-corrected chi connectivity index (χ3v) is 4.15. The monoisotopic (exact) mass is 320 g/mol. The number of urea groups is 1. The highest BCUT2D eigenvalue weighted by atomic mass is 16.5. The van der Waals surface area contributed by atoms with Gasteiger partial charge in [-0.3, -0.25) is 0 Å². The molecule has 1 aliphatic rings. The molecule has 1 aromatic rings. The van der Waals surface area contributed by atoms with Crippen molar-refractivity contribution in [1.29, 1.82) is 0 Å². The summed E-state index contributed by atoms with van der Waals surface area (Å²) in [6.07, 6.45) is 5.05. The van der Waals surface area contributed by atoms with Crippen molar-refractivity contribution >= 4 is 11.7 Å². The molecule has 1 fully saturated rings. The second-order valence-corrected chi connectivity index (χ2v) is 6.18. The first-order chi connectivity index (χ1) is 11.1. The molecular weight excluding hydrogens is 292 g/mol. The Labute approximate surface area is 138 Å². The van der Waals surface area contributed by atoms with E-state index in [1.54, 1.807) is 11.8 Å². The number of nitrogens with zero attached hydrogens (tertiary/aromatic N) is 1. The van der Waals surface area contributed by atoms with Gasteiger partial charge >= 0.3 is 6.03 Å². The zero-order chi connectivity index (χ0) is 16.7. The normalized spacial score (nSPS) is 16.7. The average molecular weight is 320 g/mol. The topological polar surface area (TPSA) is 61.8 Å². The number of rotatable bonds is 6. The van der Waals surface area contributed by atoms with E-state index in [-0.39, 0.29) is 12.1 Å². The third-order valence-electron chi connectivity index (χ3n) is 4.15. The molecule has 0 aromatic heterocycles. The molecule has 1 saturated carbocycles. The van der Waals surface area contributed by atoms with Crippen LogP contribution in [0.5, 0.6) is 5.75 Å².